The quantitative estimate of drug-likeness (QED) is 0.589. The van der Waals surface area contributed by atoms with E-state index >= 15 is 0 Å². The van der Waals surface area contributed by atoms with E-state index < -0.39 is 17.5 Å². The average Bonchev–Trinajstić information content (AvgIpc) is 2.84. The molecule has 1 heterocycles. The molecule has 6 heteroatoms. The van der Waals surface area contributed by atoms with Crippen LogP contribution in [0.4, 0.5) is 13.2 Å². The lowest BCUT2D eigenvalue weighted by atomic mass is 10.1. The molecule has 0 saturated heterocycles. The van der Waals surface area contributed by atoms with Gasteiger partial charge in [-0.1, -0.05) is 11.6 Å². The third-order valence-electron chi connectivity index (χ3n) is 3.12. The van der Waals surface area contributed by atoms with Gasteiger partial charge in [-0.05, 0) is 31.4 Å². The zero-order valence-corrected chi connectivity index (χ0v) is 10.4. The van der Waals surface area contributed by atoms with Crippen LogP contribution in [0.2, 0.25) is 5.15 Å². The molecule has 1 aliphatic carbocycles. The van der Waals surface area contributed by atoms with Crippen LogP contribution in [-0.2, 0) is 12.8 Å². The van der Waals surface area contributed by atoms with Crippen molar-refractivity contribution in [3.05, 3.63) is 46.0 Å². The summed E-state index contributed by atoms with van der Waals surface area (Å²) >= 11 is 6.02. The molecule has 0 atom stereocenters. The second-order valence-corrected chi connectivity index (χ2v) is 4.73. The first kappa shape index (κ1) is 12.4. The van der Waals surface area contributed by atoms with Crippen LogP contribution < -0.4 is 0 Å². The second-order valence-electron chi connectivity index (χ2n) is 4.37. The highest BCUT2D eigenvalue weighted by Crippen LogP contribution is 2.29. The fourth-order valence-corrected chi connectivity index (χ4v) is 2.48. The van der Waals surface area contributed by atoms with Crippen LogP contribution >= 0.6 is 11.6 Å². The third kappa shape index (κ3) is 2.08. The Balaban J connectivity index is 2.15. The van der Waals surface area contributed by atoms with Gasteiger partial charge >= 0.3 is 0 Å². The van der Waals surface area contributed by atoms with Gasteiger partial charge in [0.15, 0.2) is 23.3 Å². The SMILES string of the molecule is Fc1cc(-c2nc(Cl)c3c(n2)CCC3)cc(F)c1F. The zero-order chi connectivity index (χ0) is 13.6. The van der Waals surface area contributed by atoms with Crippen LogP contribution in [-0.4, -0.2) is 9.97 Å². The van der Waals surface area contributed by atoms with Crippen molar-refractivity contribution >= 4 is 11.6 Å². The van der Waals surface area contributed by atoms with Gasteiger partial charge in [-0.3, -0.25) is 0 Å². The van der Waals surface area contributed by atoms with Crippen LogP contribution in [0.5, 0.6) is 0 Å². The van der Waals surface area contributed by atoms with Crippen molar-refractivity contribution in [2.24, 2.45) is 0 Å². The van der Waals surface area contributed by atoms with Gasteiger partial charge in [0.05, 0.1) is 0 Å². The van der Waals surface area contributed by atoms with E-state index in [0.29, 0.717) is 5.15 Å². The van der Waals surface area contributed by atoms with Gasteiger partial charge in [0.2, 0.25) is 0 Å². The van der Waals surface area contributed by atoms with Gasteiger partial charge in [0.1, 0.15) is 5.15 Å². The predicted octanol–water partition coefficient (Wildman–Crippen LogP) is 3.70. The van der Waals surface area contributed by atoms with E-state index in [4.69, 9.17) is 11.6 Å². The molecule has 0 radical (unpaired) electrons. The first-order valence-corrected chi connectivity index (χ1v) is 6.14. The summed E-state index contributed by atoms with van der Waals surface area (Å²) in [6.45, 7) is 0. The molecular formula is C13H8ClF3N2. The number of rotatable bonds is 1. The Kier molecular flexibility index (Phi) is 2.93. The van der Waals surface area contributed by atoms with Crippen LogP contribution in [0.1, 0.15) is 17.7 Å². The summed E-state index contributed by atoms with van der Waals surface area (Å²) in [5.74, 6) is -3.93. The summed E-state index contributed by atoms with van der Waals surface area (Å²) in [5.41, 5.74) is 1.75. The molecule has 0 aliphatic heterocycles. The smallest absolute Gasteiger partial charge is 0.194 e. The highest BCUT2D eigenvalue weighted by Gasteiger charge is 2.20. The highest BCUT2D eigenvalue weighted by atomic mass is 35.5. The lowest BCUT2D eigenvalue weighted by Gasteiger charge is -2.06. The fourth-order valence-electron chi connectivity index (χ4n) is 2.20. The number of hydrogen-bond donors (Lipinski definition) is 0. The number of aryl methyl sites for hydroxylation is 1. The Labute approximate surface area is 112 Å². The van der Waals surface area contributed by atoms with Crippen LogP contribution in [0.3, 0.4) is 0 Å². The van der Waals surface area contributed by atoms with E-state index in [1.165, 1.54) is 0 Å². The molecule has 0 unspecified atom stereocenters. The molecule has 0 fully saturated rings. The maximum Gasteiger partial charge on any atom is 0.194 e. The number of nitrogens with zero attached hydrogens (tertiary/aromatic N) is 2. The monoisotopic (exact) mass is 284 g/mol. The Morgan fingerprint density at radius 2 is 1.68 bits per heavy atom. The molecule has 0 N–H and O–H groups in total. The first-order chi connectivity index (χ1) is 9.06. The van der Waals surface area contributed by atoms with Crippen molar-refractivity contribution in [2.45, 2.75) is 19.3 Å². The van der Waals surface area contributed by atoms with Crippen LogP contribution in [0.15, 0.2) is 12.1 Å². The van der Waals surface area contributed by atoms with Gasteiger partial charge in [-0.2, -0.15) is 0 Å². The molecule has 98 valence electrons. The van der Waals surface area contributed by atoms with Crippen molar-refractivity contribution in [3.63, 3.8) is 0 Å². The van der Waals surface area contributed by atoms with E-state index in [-0.39, 0.29) is 11.4 Å². The molecule has 0 spiro atoms. The molecule has 2 nitrogen and oxygen atoms in total. The summed E-state index contributed by atoms with van der Waals surface area (Å²) < 4.78 is 39.3. The zero-order valence-electron chi connectivity index (χ0n) is 9.68. The van der Waals surface area contributed by atoms with Crippen molar-refractivity contribution in [1.29, 1.82) is 0 Å². The molecule has 0 amide bonds. The van der Waals surface area contributed by atoms with Crippen LogP contribution in [0.25, 0.3) is 11.4 Å². The predicted molar refractivity (Wildman–Crippen MR) is 64.4 cm³/mol. The topological polar surface area (TPSA) is 25.8 Å². The largest absolute Gasteiger partial charge is 0.233 e. The molecule has 0 saturated carbocycles. The van der Waals surface area contributed by atoms with Gasteiger partial charge in [0, 0.05) is 16.8 Å². The molecule has 2 aromatic rings. The summed E-state index contributed by atoms with van der Waals surface area (Å²) in [7, 11) is 0. The molecule has 3 rings (SSSR count). The molecule has 1 aliphatic rings. The summed E-state index contributed by atoms with van der Waals surface area (Å²) in [5, 5.41) is 0.294. The summed E-state index contributed by atoms with van der Waals surface area (Å²) in [6.07, 6.45) is 2.50. The lowest BCUT2D eigenvalue weighted by molar-refractivity contribution is 0.447. The van der Waals surface area contributed by atoms with Crippen molar-refractivity contribution < 1.29 is 13.2 Å². The van der Waals surface area contributed by atoms with Crippen LogP contribution in [0, 0.1) is 17.5 Å². The Hall–Kier alpha value is -1.62. The number of halogens is 4. The van der Waals surface area contributed by atoms with E-state index in [2.05, 4.69) is 9.97 Å². The second kappa shape index (κ2) is 4.49. The lowest BCUT2D eigenvalue weighted by Crippen LogP contribution is -1.99. The van der Waals surface area contributed by atoms with Crippen molar-refractivity contribution in [2.75, 3.05) is 0 Å². The van der Waals surface area contributed by atoms with E-state index in [9.17, 15) is 13.2 Å². The number of benzene rings is 1. The van der Waals surface area contributed by atoms with E-state index in [1.54, 1.807) is 0 Å². The van der Waals surface area contributed by atoms with E-state index in [1.807, 2.05) is 0 Å². The molecular weight excluding hydrogens is 277 g/mol. The number of aromatic nitrogens is 2. The fraction of sp³-hybridized carbons (Fsp3) is 0.231. The molecule has 1 aromatic carbocycles. The Bertz CT molecular complexity index is 650. The summed E-state index contributed by atoms with van der Waals surface area (Å²) in [6, 6.07) is 1.73. The van der Waals surface area contributed by atoms with E-state index in [0.717, 1.165) is 42.7 Å². The maximum atomic E-state index is 13.2. The molecule has 0 bridgehead atoms. The normalized spacial score (nSPS) is 13.7. The van der Waals surface area contributed by atoms with Gasteiger partial charge in [0.25, 0.3) is 0 Å². The van der Waals surface area contributed by atoms with Gasteiger partial charge in [-0.25, -0.2) is 23.1 Å². The Morgan fingerprint density at radius 3 is 2.37 bits per heavy atom. The third-order valence-corrected chi connectivity index (χ3v) is 3.44. The number of hydrogen-bond acceptors (Lipinski definition) is 2. The Morgan fingerprint density at radius 1 is 1.00 bits per heavy atom. The van der Waals surface area contributed by atoms with Gasteiger partial charge in [-0.15, -0.1) is 0 Å². The van der Waals surface area contributed by atoms with Crippen molar-refractivity contribution in [3.8, 4) is 11.4 Å². The average molecular weight is 285 g/mol. The minimum absolute atomic E-state index is 0.0769. The molecule has 1 aromatic heterocycles. The maximum absolute atomic E-state index is 13.2. The first-order valence-electron chi connectivity index (χ1n) is 5.76. The highest BCUT2D eigenvalue weighted by molar-refractivity contribution is 6.30. The number of fused-ring (bicyclic) bond motifs is 1. The van der Waals surface area contributed by atoms with Crippen molar-refractivity contribution in [1.82, 2.24) is 9.97 Å². The minimum atomic E-state index is -1.50. The summed E-state index contributed by atoms with van der Waals surface area (Å²) in [4.78, 5) is 8.27. The standard InChI is InChI=1S/C13H8ClF3N2/c14-12-7-2-1-3-10(7)18-13(19-12)6-4-8(15)11(17)9(16)5-6/h4-5H,1-3H2. The molecule has 19 heavy (non-hydrogen) atoms. The van der Waals surface area contributed by atoms with Gasteiger partial charge < -0.3 is 0 Å². The minimum Gasteiger partial charge on any atom is -0.233 e.